The molecule has 0 radical (unpaired) electrons. The van der Waals surface area contributed by atoms with Crippen LogP contribution in [0.15, 0.2) is 188 Å². The van der Waals surface area contributed by atoms with E-state index in [1.54, 1.807) is 0 Å². The molecule has 264 valence electrons. The van der Waals surface area contributed by atoms with E-state index >= 15 is 0 Å². The summed E-state index contributed by atoms with van der Waals surface area (Å²) in [5, 5.41) is 0. The van der Waals surface area contributed by atoms with Crippen LogP contribution in [-0.4, -0.2) is 0 Å². The Morgan fingerprint density at radius 2 is 0.764 bits per heavy atom. The van der Waals surface area contributed by atoms with Crippen molar-refractivity contribution in [2.75, 3.05) is 4.90 Å². The number of nitrogens with zero attached hydrogens (tertiary/aromatic N) is 1. The molecule has 1 heteroatoms. The van der Waals surface area contributed by atoms with Crippen LogP contribution in [0.2, 0.25) is 0 Å². The molecule has 2 aliphatic rings. The summed E-state index contributed by atoms with van der Waals surface area (Å²) in [5.74, 6) is 0. The van der Waals surface area contributed by atoms with Crippen LogP contribution in [0.5, 0.6) is 0 Å². The van der Waals surface area contributed by atoms with Crippen molar-refractivity contribution in [2.45, 2.75) is 38.5 Å². The second-order valence-corrected chi connectivity index (χ2v) is 16.1. The van der Waals surface area contributed by atoms with Crippen LogP contribution in [0.1, 0.15) is 49.9 Å². The van der Waals surface area contributed by atoms with Crippen LogP contribution in [0.25, 0.3) is 55.6 Å². The molecule has 0 N–H and O–H groups in total. The molecule has 2 aliphatic carbocycles. The second kappa shape index (κ2) is 12.6. The number of para-hydroxylation sites is 2. The first-order valence-electron chi connectivity index (χ1n) is 19.4. The Hall–Kier alpha value is -6.44. The van der Waals surface area contributed by atoms with E-state index in [1.165, 1.54) is 77.9 Å². The van der Waals surface area contributed by atoms with Gasteiger partial charge in [0.2, 0.25) is 0 Å². The van der Waals surface area contributed by atoms with E-state index in [9.17, 15) is 0 Å². The van der Waals surface area contributed by atoms with Gasteiger partial charge in [0.25, 0.3) is 0 Å². The molecular formula is C54H43N. The predicted molar refractivity (Wildman–Crippen MR) is 233 cm³/mol. The summed E-state index contributed by atoms with van der Waals surface area (Å²) in [6.45, 7) is 9.51. The van der Waals surface area contributed by atoms with Gasteiger partial charge in [0, 0.05) is 27.6 Å². The van der Waals surface area contributed by atoms with Crippen molar-refractivity contribution >= 4 is 17.1 Å². The summed E-state index contributed by atoms with van der Waals surface area (Å²) >= 11 is 0. The van der Waals surface area contributed by atoms with Crippen molar-refractivity contribution in [3.05, 3.63) is 210 Å². The van der Waals surface area contributed by atoms with E-state index in [1.807, 2.05) is 0 Å². The molecule has 0 spiro atoms. The summed E-state index contributed by atoms with van der Waals surface area (Å²) in [7, 11) is 0. The van der Waals surface area contributed by atoms with Gasteiger partial charge in [0.15, 0.2) is 0 Å². The second-order valence-electron chi connectivity index (χ2n) is 16.1. The average molecular weight is 706 g/mol. The van der Waals surface area contributed by atoms with Crippen LogP contribution in [-0.2, 0) is 10.8 Å². The predicted octanol–water partition coefficient (Wildman–Crippen LogP) is 14.8. The van der Waals surface area contributed by atoms with Crippen LogP contribution in [0.4, 0.5) is 17.1 Å². The number of hydrogen-bond donors (Lipinski definition) is 0. The zero-order valence-corrected chi connectivity index (χ0v) is 31.8. The lowest BCUT2D eigenvalue weighted by atomic mass is 9.78. The Morgan fingerprint density at radius 3 is 1.45 bits per heavy atom. The Morgan fingerprint density at radius 1 is 0.309 bits per heavy atom. The summed E-state index contributed by atoms with van der Waals surface area (Å²) in [5.41, 5.74) is 21.3. The third kappa shape index (κ3) is 5.14. The van der Waals surface area contributed by atoms with Crippen LogP contribution < -0.4 is 4.90 Å². The fraction of sp³-hybridized carbons (Fsp3) is 0.111. The minimum absolute atomic E-state index is 0.129. The maximum Gasteiger partial charge on any atom is 0.0540 e. The first-order valence-corrected chi connectivity index (χ1v) is 19.4. The van der Waals surface area contributed by atoms with Crippen molar-refractivity contribution in [1.29, 1.82) is 0 Å². The molecule has 0 amide bonds. The van der Waals surface area contributed by atoms with Crippen molar-refractivity contribution in [1.82, 2.24) is 0 Å². The molecule has 0 atom stereocenters. The first-order chi connectivity index (χ1) is 26.8. The topological polar surface area (TPSA) is 3.24 Å². The molecule has 0 aliphatic heterocycles. The zero-order valence-electron chi connectivity index (χ0n) is 31.8. The highest BCUT2D eigenvalue weighted by molar-refractivity contribution is 5.98. The van der Waals surface area contributed by atoms with Gasteiger partial charge in [-0.1, -0.05) is 191 Å². The minimum atomic E-state index is -0.151. The lowest BCUT2D eigenvalue weighted by molar-refractivity contribution is 0.660. The Bertz CT molecular complexity index is 2750. The number of benzene rings is 8. The maximum absolute atomic E-state index is 2.52. The highest BCUT2D eigenvalue weighted by Crippen LogP contribution is 2.55. The van der Waals surface area contributed by atoms with E-state index in [0.717, 1.165) is 17.1 Å². The number of rotatable bonds is 6. The SMILES string of the molecule is CC1(C)c2ccccc2-c2ccc(N(c3ccccc3-c3ccc(-c4ccccc4)cc3)c3ccccc3-c3cccc4c3C(C)(C)c3ccccc3-4)cc21. The molecule has 1 nitrogen and oxygen atoms in total. The number of hydrogen-bond acceptors (Lipinski definition) is 1. The quantitative estimate of drug-likeness (QED) is 0.166. The molecule has 10 rings (SSSR count). The van der Waals surface area contributed by atoms with E-state index in [0.29, 0.717) is 0 Å². The van der Waals surface area contributed by atoms with Crippen LogP contribution in [0, 0.1) is 0 Å². The molecule has 8 aromatic carbocycles. The molecule has 0 unspecified atom stereocenters. The normalized spacial score (nSPS) is 14.1. The highest BCUT2D eigenvalue weighted by Gasteiger charge is 2.39. The molecule has 55 heavy (non-hydrogen) atoms. The molecular weight excluding hydrogens is 663 g/mol. The van der Waals surface area contributed by atoms with Crippen molar-refractivity contribution in [3.8, 4) is 55.6 Å². The maximum atomic E-state index is 2.52. The Labute approximate surface area is 325 Å². The van der Waals surface area contributed by atoms with Gasteiger partial charge in [-0.2, -0.15) is 0 Å². The van der Waals surface area contributed by atoms with Crippen molar-refractivity contribution in [3.63, 3.8) is 0 Å². The highest BCUT2D eigenvalue weighted by atomic mass is 15.1. The van der Waals surface area contributed by atoms with Gasteiger partial charge in [0.1, 0.15) is 0 Å². The fourth-order valence-electron chi connectivity index (χ4n) is 9.59. The largest absolute Gasteiger partial charge is 0.309 e. The Kier molecular flexibility index (Phi) is 7.58. The lowest BCUT2D eigenvalue weighted by Crippen LogP contribution is -2.18. The van der Waals surface area contributed by atoms with E-state index in [4.69, 9.17) is 0 Å². The average Bonchev–Trinajstić information content (AvgIpc) is 3.61. The van der Waals surface area contributed by atoms with Gasteiger partial charge in [-0.15, -0.1) is 0 Å². The minimum Gasteiger partial charge on any atom is -0.309 e. The van der Waals surface area contributed by atoms with E-state index in [-0.39, 0.29) is 10.8 Å². The smallest absolute Gasteiger partial charge is 0.0540 e. The van der Waals surface area contributed by atoms with Gasteiger partial charge in [-0.3, -0.25) is 0 Å². The van der Waals surface area contributed by atoms with Crippen molar-refractivity contribution in [2.24, 2.45) is 0 Å². The molecule has 8 aromatic rings. The fourth-order valence-corrected chi connectivity index (χ4v) is 9.59. The third-order valence-corrected chi connectivity index (χ3v) is 12.3. The van der Waals surface area contributed by atoms with Gasteiger partial charge in [-0.25, -0.2) is 0 Å². The number of anilines is 3. The van der Waals surface area contributed by atoms with E-state index < -0.39 is 0 Å². The van der Waals surface area contributed by atoms with E-state index in [2.05, 4.69) is 221 Å². The lowest BCUT2D eigenvalue weighted by Gasteiger charge is -2.32. The van der Waals surface area contributed by atoms with Gasteiger partial charge in [-0.05, 0) is 91.0 Å². The van der Waals surface area contributed by atoms with Crippen LogP contribution >= 0.6 is 0 Å². The van der Waals surface area contributed by atoms with Gasteiger partial charge in [0.05, 0.1) is 11.4 Å². The summed E-state index contributed by atoms with van der Waals surface area (Å²) in [4.78, 5) is 2.52. The van der Waals surface area contributed by atoms with Gasteiger partial charge < -0.3 is 4.90 Å². The molecule has 0 aromatic heterocycles. The van der Waals surface area contributed by atoms with Gasteiger partial charge >= 0.3 is 0 Å². The van der Waals surface area contributed by atoms with Crippen molar-refractivity contribution < 1.29 is 0 Å². The third-order valence-electron chi connectivity index (χ3n) is 12.3. The molecule has 0 bridgehead atoms. The monoisotopic (exact) mass is 705 g/mol. The summed E-state index contributed by atoms with van der Waals surface area (Å²) in [6.07, 6.45) is 0. The zero-order chi connectivity index (χ0) is 37.3. The molecule has 0 heterocycles. The summed E-state index contributed by atoms with van der Waals surface area (Å²) in [6, 6.07) is 69.5. The molecule has 0 saturated carbocycles. The molecule has 0 fully saturated rings. The Balaban J connectivity index is 1.20. The summed E-state index contributed by atoms with van der Waals surface area (Å²) < 4.78 is 0. The standard InChI is InChI=1S/C54H43N/c1-53(2)47-25-12-8-20-41(47)43-34-33-39(35-49(43)53)55(50-27-14-10-19-40(50)38-31-29-37(30-32-38)36-17-6-5-7-18-36)51-28-15-11-22-44(51)46-24-16-23-45-42-21-9-13-26-48(42)54(3,4)52(45)46/h5-35H,1-4H3. The van der Waals surface area contributed by atoms with Crippen LogP contribution in [0.3, 0.4) is 0 Å². The molecule has 0 saturated heterocycles. The first kappa shape index (κ1) is 33.2. The number of fused-ring (bicyclic) bond motifs is 6.